The Morgan fingerprint density at radius 2 is 2.13 bits per heavy atom. The minimum Gasteiger partial charge on any atom is -0.326 e. The second kappa shape index (κ2) is 6.13. The SMILES string of the molecule is Cl.NCc1cnn(CCC2CCCC2)c1. The highest BCUT2D eigenvalue weighted by molar-refractivity contribution is 5.85. The van der Waals surface area contributed by atoms with Crippen LogP contribution in [0.4, 0.5) is 0 Å². The first kappa shape index (κ1) is 12.5. The summed E-state index contributed by atoms with van der Waals surface area (Å²) < 4.78 is 2.03. The number of aromatic nitrogens is 2. The molecule has 0 aliphatic heterocycles. The molecule has 0 amide bonds. The molecule has 1 heterocycles. The molecule has 0 bridgehead atoms. The molecular weight excluding hydrogens is 210 g/mol. The van der Waals surface area contributed by atoms with Crippen molar-refractivity contribution in [3.8, 4) is 0 Å². The van der Waals surface area contributed by atoms with E-state index in [1.54, 1.807) is 0 Å². The van der Waals surface area contributed by atoms with Crippen molar-refractivity contribution < 1.29 is 0 Å². The predicted octanol–water partition coefficient (Wildman–Crippen LogP) is 2.34. The second-order valence-electron chi connectivity index (χ2n) is 4.25. The average Bonchev–Trinajstić information content (AvgIpc) is 2.86. The first-order chi connectivity index (χ1) is 6.88. The van der Waals surface area contributed by atoms with Crippen LogP contribution in [-0.4, -0.2) is 9.78 Å². The summed E-state index contributed by atoms with van der Waals surface area (Å²) in [4.78, 5) is 0. The Balaban J connectivity index is 0.00000112. The standard InChI is InChI=1S/C11H19N3.ClH/c12-7-11-8-13-14(9-11)6-5-10-3-1-2-4-10;/h8-10H,1-7,12H2;1H. The van der Waals surface area contributed by atoms with Crippen molar-refractivity contribution in [3.63, 3.8) is 0 Å². The highest BCUT2D eigenvalue weighted by Gasteiger charge is 2.14. The number of hydrogen-bond donors (Lipinski definition) is 1. The van der Waals surface area contributed by atoms with Crippen LogP contribution in [0.3, 0.4) is 0 Å². The first-order valence-electron chi connectivity index (χ1n) is 5.60. The summed E-state index contributed by atoms with van der Waals surface area (Å²) >= 11 is 0. The van der Waals surface area contributed by atoms with E-state index in [0.29, 0.717) is 6.54 Å². The fraction of sp³-hybridized carbons (Fsp3) is 0.727. The highest BCUT2D eigenvalue weighted by Crippen LogP contribution is 2.27. The monoisotopic (exact) mass is 229 g/mol. The molecule has 0 saturated heterocycles. The molecule has 4 heteroatoms. The molecule has 1 aliphatic rings. The summed E-state index contributed by atoms with van der Waals surface area (Å²) in [5, 5.41) is 4.28. The Morgan fingerprint density at radius 3 is 2.73 bits per heavy atom. The molecule has 0 unspecified atom stereocenters. The van der Waals surface area contributed by atoms with E-state index in [0.717, 1.165) is 18.0 Å². The van der Waals surface area contributed by atoms with Crippen molar-refractivity contribution in [1.29, 1.82) is 0 Å². The molecule has 86 valence electrons. The molecule has 1 aromatic rings. The fourth-order valence-corrected chi connectivity index (χ4v) is 2.25. The van der Waals surface area contributed by atoms with Crippen LogP contribution in [0.5, 0.6) is 0 Å². The molecule has 2 N–H and O–H groups in total. The van der Waals surface area contributed by atoms with Crippen LogP contribution in [-0.2, 0) is 13.1 Å². The third-order valence-electron chi connectivity index (χ3n) is 3.16. The van der Waals surface area contributed by atoms with Crippen molar-refractivity contribution in [1.82, 2.24) is 9.78 Å². The van der Waals surface area contributed by atoms with Gasteiger partial charge in [-0.1, -0.05) is 25.7 Å². The third-order valence-corrected chi connectivity index (χ3v) is 3.16. The lowest BCUT2D eigenvalue weighted by atomic mass is 10.0. The maximum Gasteiger partial charge on any atom is 0.0534 e. The molecule has 2 rings (SSSR count). The van der Waals surface area contributed by atoms with E-state index in [2.05, 4.69) is 11.3 Å². The van der Waals surface area contributed by atoms with Crippen LogP contribution in [0.15, 0.2) is 12.4 Å². The number of aryl methyl sites for hydroxylation is 1. The minimum atomic E-state index is 0. The van der Waals surface area contributed by atoms with Crippen molar-refractivity contribution in [2.75, 3.05) is 0 Å². The van der Waals surface area contributed by atoms with Crippen molar-refractivity contribution in [3.05, 3.63) is 18.0 Å². The predicted molar refractivity (Wildman–Crippen MR) is 63.9 cm³/mol. The molecule has 1 fully saturated rings. The summed E-state index contributed by atoms with van der Waals surface area (Å²) in [5.74, 6) is 0.945. The summed E-state index contributed by atoms with van der Waals surface area (Å²) in [6.45, 7) is 1.66. The van der Waals surface area contributed by atoms with Crippen LogP contribution in [0, 0.1) is 5.92 Å². The molecule has 1 saturated carbocycles. The zero-order valence-electron chi connectivity index (χ0n) is 9.06. The zero-order chi connectivity index (χ0) is 9.80. The Hall–Kier alpha value is -0.540. The Bertz CT molecular complexity index is 279. The van der Waals surface area contributed by atoms with E-state index in [9.17, 15) is 0 Å². The van der Waals surface area contributed by atoms with Gasteiger partial charge in [-0.15, -0.1) is 12.4 Å². The largest absolute Gasteiger partial charge is 0.326 e. The summed E-state index contributed by atoms with van der Waals surface area (Å²) in [6, 6.07) is 0. The quantitative estimate of drug-likeness (QED) is 0.862. The van der Waals surface area contributed by atoms with Gasteiger partial charge in [-0.3, -0.25) is 4.68 Å². The Labute approximate surface area is 97.4 Å². The van der Waals surface area contributed by atoms with Gasteiger partial charge in [0.05, 0.1) is 6.20 Å². The van der Waals surface area contributed by atoms with Gasteiger partial charge in [-0.05, 0) is 12.3 Å². The van der Waals surface area contributed by atoms with Gasteiger partial charge in [0.1, 0.15) is 0 Å². The van der Waals surface area contributed by atoms with Crippen LogP contribution in [0.25, 0.3) is 0 Å². The van der Waals surface area contributed by atoms with Gasteiger partial charge in [-0.25, -0.2) is 0 Å². The van der Waals surface area contributed by atoms with Gasteiger partial charge >= 0.3 is 0 Å². The molecule has 0 spiro atoms. The molecule has 0 radical (unpaired) electrons. The number of rotatable bonds is 4. The van der Waals surface area contributed by atoms with Crippen LogP contribution < -0.4 is 5.73 Å². The number of halogens is 1. The van der Waals surface area contributed by atoms with Gasteiger partial charge < -0.3 is 5.73 Å². The molecular formula is C11H20ClN3. The number of nitrogens with zero attached hydrogens (tertiary/aromatic N) is 2. The topological polar surface area (TPSA) is 43.8 Å². The summed E-state index contributed by atoms with van der Waals surface area (Å²) in [6.07, 6.45) is 10.9. The van der Waals surface area contributed by atoms with Gasteiger partial charge in [0.15, 0.2) is 0 Å². The highest BCUT2D eigenvalue weighted by atomic mass is 35.5. The van der Waals surface area contributed by atoms with Gasteiger partial charge in [0, 0.05) is 24.8 Å². The lowest BCUT2D eigenvalue weighted by Crippen LogP contribution is -2.03. The van der Waals surface area contributed by atoms with Crippen molar-refractivity contribution in [2.24, 2.45) is 11.7 Å². The Morgan fingerprint density at radius 1 is 1.40 bits per heavy atom. The minimum absolute atomic E-state index is 0. The van der Waals surface area contributed by atoms with Crippen LogP contribution in [0.1, 0.15) is 37.7 Å². The number of nitrogens with two attached hydrogens (primary N) is 1. The molecule has 15 heavy (non-hydrogen) atoms. The molecule has 3 nitrogen and oxygen atoms in total. The van der Waals surface area contributed by atoms with Gasteiger partial charge in [-0.2, -0.15) is 5.10 Å². The first-order valence-corrected chi connectivity index (χ1v) is 5.60. The second-order valence-corrected chi connectivity index (χ2v) is 4.25. The van der Waals surface area contributed by atoms with E-state index in [1.165, 1.54) is 32.1 Å². The van der Waals surface area contributed by atoms with Gasteiger partial charge in [0.2, 0.25) is 0 Å². The number of hydrogen-bond acceptors (Lipinski definition) is 2. The van der Waals surface area contributed by atoms with E-state index in [-0.39, 0.29) is 12.4 Å². The van der Waals surface area contributed by atoms with Crippen molar-refractivity contribution >= 4 is 12.4 Å². The van der Waals surface area contributed by atoms with Gasteiger partial charge in [0.25, 0.3) is 0 Å². The molecule has 0 aromatic carbocycles. The maximum atomic E-state index is 5.53. The zero-order valence-corrected chi connectivity index (χ0v) is 9.88. The lowest BCUT2D eigenvalue weighted by Gasteiger charge is -2.07. The van der Waals surface area contributed by atoms with Crippen molar-refractivity contribution in [2.45, 2.75) is 45.2 Å². The van der Waals surface area contributed by atoms with E-state index < -0.39 is 0 Å². The average molecular weight is 230 g/mol. The maximum absolute atomic E-state index is 5.53. The molecule has 0 atom stereocenters. The summed E-state index contributed by atoms with van der Waals surface area (Å²) in [7, 11) is 0. The molecule has 1 aliphatic carbocycles. The Kier molecular flexibility index (Phi) is 5.12. The summed E-state index contributed by atoms with van der Waals surface area (Å²) in [5.41, 5.74) is 6.66. The normalized spacial score (nSPS) is 16.6. The smallest absolute Gasteiger partial charge is 0.0534 e. The third kappa shape index (κ3) is 3.50. The van der Waals surface area contributed by atoms with E-state index in [1.807, 2.05) is 10.9 Å². The fourth-order valence-electron chi connectivity index (χ4n) is 2.25. The van der Waals surface area contributed by atoms with Crippen LogP contribution in [0.2, 0.25) is 0 Å². The molecule has 1 aromatic heterocycles. The lowest BCUT2D eigenvalue weighted by molar-refractivity contribution is 0.439. The van der Waals surface area contributed by atoms with E-state index >= 15 is 0 Å². The van der Waals surface area contributed by atoms with Crippen LogP contribution >= 0.6 is 12.4 Å². The van der Waals surface area contributed by atoms with E-state index in [4.69, 9.17) is 5.73 Å².